The number of carboxylic acid groups (broad SMARTS) is 1. The van der Waals surface area contributed by atoms with E-state index in [2.05, 4.69) is 4.98 Å². The van der Waals surface area contributed by atoms with Crippen molar-refractivity contribution >= 4 is 27.8 Å². The zero-order valence-electron chi connectivity index (χ0n) is 9.32. The van der Waals surface area contributed by atoms with Gasteiger partial charge in [0.2, 0.25) is 0 Å². The SMILES string of the molecule is Cc1c(C(=O)O)ccc2[nH]c3ccccc3c12. The summed E-state index contributed by atoms with van der Waals surface area (Å²) in [5.74, 6) is -0.880. The van der Waals surface area contributed by atoms with E-state index in [0.29, 0.717) is 5.56 Å². The maximum Gasteiger partial charge on any atom is 0.335 e. The molecule has 17 heavy (non-hydrogen) atoms. The highest BCUT2D eigenvalue weighted by atomic mass is 16.4. The lowest BCUT2D eigenvalue weighted by Gasteiger charge is -2.02. The predicted octanol–water partition coefficient (Wildman–Crippen LogP) is 3.33. The van der Waals surface area contributed by atoms with Crippen LogP contribution in [0, 0.1) is 6.92 Å². The Kier molecular flexibility index (Phi) is 1.95. The second kappa shape index (κ2) is 3.35. The zero-order chi connectivity index (χ0) is 12.0. The van der Waals surface area contributed by atoms with Gasteiger partial charge in [-0.15, -0.1) is 0 Å². The molecule has 0 aliphatic heterocycles. The van der Waals surface area contributed by atoms with E-state index >= 15 is 0 Å². The van der Waals surface area contributed by atoms with Crippen molar-refractivity contribution in [3.05, 3.63) is 47.5 Å². The number of para-hydroxylation sites is 1. The number of aryl methyl sites for hydroxylation is 1. The summed E-state index contributed by atoms with van der Waals surface area (Å²) in [5.41, 5.74) is 3.19. The maximum atomic E-state index is 11.1. The fourth-order valence-electron chi connectivity index (χ4n) is 2.35. The van der Waals surface area contributed by atoms with E-state index in [1.165, 1.54) is 0 Å². The fourth-order valence-corrected chi connectivity index (χ4v) is 2.35. The molecule has 1 heterocycles. The molecule has 2 N–H and O–H groups in total. The third-order valence-electron chi connectivity index (χ3n) is 3.16. The molecule has 3 nitrogen and oxygen atoms in total. The molecule has 2 aromatic carbocycles. The highest BCUT2D eigenvalue weighted by Gasteiger charge is 2.13. The number of fused-ring (bicyclic) bond motifs is 3. The van der Waals surface area contributed by atoms with Crippen LogP contribution in [0.3, 0.4) is 0 Å². The molecule has 3 heteroatoms. The molecule has 0 radical (unpaired) electrons. The molecule has 0 saturated heterocycles. The molecular formula is C14H11NO2. The van der Waals surface area contributed by atoms with Gasteiger partial charge in [-0.25, -0.2) is 4.79 Å². The molecule has 0 atom stereocenters. The minimum absolute atomic E-state index is 0.363. The van der Waals surface area contributed by atoms with E-state index in [4.69, 9.17) is 5.11 Å². The summed E-state index contributed by atoms with van der Waals surface area (Å²) in [5, 5.41) is 11.2. The van der Waals surface area contributed by atoms with Gasteiger partial charge in [0.05, 0.1) is 5.56 Å². The summed E-state index contributed by atoms with van der Waals surface area (Å²) in [7, 11) is 0. The van der Waals surface area contributed by atoms with E-state index in [9.17, 15) is 4.79 Å². The van der Waals surface area contributed by atoms with Crippen molar-refractivity contribution in [2.24, 2.45) is 0 Å². The summed E-state index contributed by atoms with van der Waals surface area (Å²) in [6.07, 6.45) is 0. The topological polar surface area (TPSA) is 53.1 Å². The van der Waals surface area contributed by atoms with Crippen LogP contribution in [0.5, 0.6) is 0 Å². The molecule has 0 amide bonds. The van der Waals surface area contributed by atoms with E-state index in [-0.39, 0.29) is 0 Å². The number of H-pyrrole nitrogens is 1. The molecule has 0 aliphatic carbocycles. The number of hydrogen-bond acceptors (Lipinski definition) is 1. The number of aromatic carboxylic acids is 1. The van der Waals surface area contributed by atoms with Crippen molar-refractivity contribution in [3.8, 4) is 0 Å². The molecule has 0 bridgehead atoms. The summed E-state index contributed by atoms with van der Waals surface area (Å²) in [4.78, 5) is 14.4. The molecule has 3 rings (SSSR count). The third-order valence-corrected chi connectivity index (χ3v) is 3.16. The van der Waals surface area contributed by atoms with Crippen molar-refractivity contribution < 1.29 is 9.90 Å². The molecule has 0 aliphatic rings. The van der Waals surface area contributed by atoms with E-state index in [1.54, 1.807) is 6.07 Å². The van der Waals surface area contributed by atoms with Gasteiger partial charge in [0.25, 0.3) is 0 Å². The van der Waals surface area contributed by atoms with Gasteiger partial charge in [0, 0.05) is 21.8 Å². The Labute approximate surface area is 97.7 Å². The lowest BCUT2D eigenvalue weighted by molar-refractivity contribution is 0.0696. The standard InChI is InChI=1S/C14H11NO2/c1-8-9(14(16)17)6-7-12-13(8)10-4-2-3-5-11(10)15-12/h2-7,15H,1H3,(H,16,17). The normalized spacial score (nSPS) is 11.1. The molecule has 0 fully saturated rings. The average Bonchev–Trinajstić information content (AvgIpc) is 2.67. The average molecular weight is 225 g/mol. The lowest BCUT2D eigenvalue weighted by atomic mass is 10.0. The van der Waals surface area contributed by atoms with Gasteiger partial charge in [-0.2, -0.15) is 0 Å². The number of hydrogen-bond donors (Lipinski definition) is 2. The highest BCUT2D eigenvalue weighted by molar-refractivity contribution is 6.11. The highest BCUT2D eigenvalue weighted by Crippen LogP contribution is 2.29. The predicted molar refractivity (Wildman–Crippen MR) is 67.5 cm³/mol. The largest absolute Gasteiger partial charge is 0.478 e. The number of rotatable bonds is 1. The van der Waals surface area contributed by atoms with Crippen molar-refractivity contribution in [1.29, 1.82) is 0 Å². The number of nitrogens with one attached hydrogen (secondary N) is 1. The molecule has 84 valence electrons. The molecular weight excluding hydrogens is 214 g/mol. The van der Waals surface area contributed by atoms with E-state index in [1.807, 2.05) is 37.3 Å². The Balaban J connectivity index is 2.52. The molecule has 1 aromatic heterocycles. The van der Waals surface area contributed by atoms with Crippen LogP contribution in [0.15, 0.2) is 36.4 Å². The second-order valence-corrected chi connectivity index (χ2v) is 4.14. The number of carboxylic acids is 1. The molecule has 0 unspecified atom stereocenters. The first-order chi connectivity index (χ1) is 8.18. The van der Waals surface area contributed by atoms with Gasteiger partial charge in [-0.05, 0) is 30.7 Å². The maximum absolute atomic E-state index is 11.1. The summed E-state index contributed by atoms with van der Waals surface area (Å²) < 4.78 is 0. The first-order valence-corrected chi connectivity index (χ1v) is 5.42. The molecule has 3 aromatic rings. The fraction of sp³-hybridized carbons (Fsp3) is 0.0714. The van der Waals surface area contributed by atoms with Gasteiger partial charge in [0.15, 0.2) is 0 Å². The Bertz CT molecular complexity index is 740. The van der Waals surface area contributed by atoms with Crippen LogP contribution >= 0.6 is 0 Å². The summed E-state index contributed by atoms with van der Waals surface area (Å²) in [6.45, 7) is 1.85. The van der Waals surface area contributed by atoms with Crippen molar-refractivity contribution in [2.45, 2.75) is 6.92 Å². The van der Waals surface area contributed by atoms with E-state index in [0.717, 1.165) is 27.4 Å². The van der Waals surface area contributed by atoms with Gasteiger partial charge >= 0.3 is 5.97 Å². The van der Waals surface area contributed by atoms with Crippen LogP contribution in [0.1, 0.15) is 15.9 Å². The quantitative estimate of drug-likeness (QED) is 0.667. The van der Waals surface area contributed by atoms with Gasteiger partial charge < -0.3 is 10.1 Å². The Morgan fingerprint density at radius 3 is 2.65 bits per heavy atom. The van der Waals surface area contributed by atoms with Crippen LogP contribution < -0.4 is 0 Å². The van der Waals surface area contributed by atoms with E-state index < -0.39 is 5.97 Å². The molecule has 0 saturated carbocycles. The third kappa shape index (κ3) is 1.32. The van der Waals surface area contributed by atoms with Crippen LogP contribution in [0.4, 0.5) is 0 Å². The number of benzene rings is 2. The van der Waals surface area contributed by atoms with Crippen molar-refractivity contribution in [1.82, 2.24) is 4.98 Å². The number of aromatic nitrogens is 1. The van der Waals surface area contributed by atoms with Crippen molar-refractivity contribution in [2.75, 3.05) is 0 Å². The van der Waals surface area contributed by atoms with Crippen molar-refractivity contribution in [3.63, 3.8) is 0 Å². The number of aromatic amines is 1. The minimum Gasteiger partial charge on any atom is -0.478 e. The van der Waals surface area contributed by atoms with Crippen LogP contribution in [0.2, 0.25) is 0 Å². The van der Waals surface area contributed by atoms with Crippen LogP contribution in [-0.2, 0) is 0 Å². The Morgan fingerprint density at radius 2 is 1.88 bits per heavy atom. The first-order valence-electron chi connectivity index (χ1n) is 5.42. The Hall–Kier alpha value is -2.29. The number of carbonyl (C=O) groups is 1. The van der Waals surface area contributed by atoms with Gasteiger partial charge in [-0.3, -0.25) is 0 Å². The van der Waals surface area contributed by atoms with Gasteiger partial charge in [0.1, 0.15) is 0 Å². The summed E-state index contributed by atoms with van der Waals surface area (Å²) in [6, 6.07) is 11.4. The van der Waals surface area contributed by atoms with Gasteiger partial charge in [-0.1, -0.05) is 18.2 Å². The summed E-state index contributed by atoms with van der Waals surface area (Å²) >= 11 is 0. The minimum atomic E-state index is -0.880. The second-order valence-electron chi connectivity index (χ2n) is 4.14. The van der Waals surface area contributed by atoms with Crippen LogP contribution in [0.25, 0.3) is 21.8 Å². The first kappa shape index (κ1) is 9.90. The smallest absolute Gasteiger partial charge is 0.335 e. The molecule has 0 spiro atoms. The van der Waals surface area contributed by atoms with Crippen LogP contribution in [-0.4, -0.2) is 16.1 Å². The monoisotopic (exact) mass is 225 g/mol. The zero-order valence-corrected chi connectivity index (χ0v) is 9.32. The Morgan fingerprint density at radius 1 is 1.12 bits per heavy atom. The lowest BCUT2D eigenvalue weighted by Crippen LogP contribution is -1.99.